The average molecular weight is 437 g/mol. The van der Waals surface area contributed by atoms with Crippen molar-refractivity contribution in [2.24, 2.45) is 0 Å². The van der Waals surface area contributed by atoms with Crippen LogP contribution in [0.5, 0.6) is 5.75 Å². The lowest BCUT2D eigenvalue weighted by Gasteiger charge is -2.12. The fraction of sp³-hybridized carbons (Fsp3) is 0.0909. The SMILES string of the molecule is COc1cccc(NC(=O)c2ccccc2NC(=O)CSc2ccc([N+](=O)[O-])cc2)c1. The topological polar surface area (TPSA) is 111 Å². The van der Waals surface area contributed by atoms with Gasteiger partial charge in [-0.05, 0) is 36.4 Å². The Morgan fingerprint density at radius 1 is 1.00 bits per heavy atom. The van der Waals surface area contributed by atoms with Gasteiger partial charge in [0.1, 0.15) is 5.75 Å². The monoisotopic (exact) mass is 437 g/mol. The lowest BCUT2D eigenvalue weighted by atomic mass is 10.1. The molecule has 3 aromatic rings. The molecule has 158 valence electrons. The molecule has 0 aliphatic heterocycles. The first-order valence-electron chi connectivity index (χ1n) is 9.18. The number of nitro groups is 1. The molecule has 0 aliphatic carbocycles. The second-order valence-corrected chi connectivity index (χ2v) is 7.37. The number of anilines is 2. The maximum Gasteiger partial charge on any atom is 0.269 e. The number of carbonyl (C=O) groups excluding carboxylic acids is 2. The highest BCUT2D eigenvalue weighted by Crippen LogP contribution is 2.23. The molecular weight excluding hydrogens is 418 g/mol. The molecule has 2 amide bonds. The van der Waals surface area contributed by atoms with Gasteiger partial charge in [0, 0.05) is 28.8 Å². The first-order valence-corrected chi connectivity index (χ1v) is 10.2. The van der Waals surface area contributed by atoms with Gasteiger partial charge in [0.2, 0.25) is 5.91 Å². The molecule has 9 heteroatoms. The van der Waals surface area contributed by atoms with Crippen molar-refractivity contribution in [3.05, 3.63) is 88.5 Å². The van der Waals surface area contributed by atoms with E-state index in [1.165, 1.54) is 23.9 Å². The van der Waals surface area contributed by atoms with Crippen LogP contribution in [-0.4, -0.2) is 29.6 Å². The molecular formula is C22H19N3O5S. The number of ether oxygens (including phenoxy) is 1. The fourth-order valence-electron chi connectivity index (χ4n) is 2.69. The van der Waals surface area contributed by atoms with E-state index in [1.54, 1.807) is 67.8 Å². The molecule has 0 bridgehead atoms. The molecule has 0 aromatic heterocycles. The van der Waals surface area contributed by atoms with Gasteiger partial charge in [0.05, 0.1) is 29.0 Å². The summed E-state index contributed by atoms with van der Waals surface area (Å²) in [5, 5.41) is 16.2. The highest BCUT2D eigenvalue weighted by atomic mass is 32.2. The zero-order valence-corrected chi connectivity index (χ0v) is 17.3. The van der Waals surface area contributed by atoms with Crippen molar-refractivity contribution in [2.75, 3.05) is 23.5 Å². The summed E-state index contributed by atoms with van der Waals surface area (Å²) in [5.41, 5.74) is 1.26. The molecule has 0 saturated carbocycles. The Morgan fingerprint density at radius 2 is 1.74 bits per heavy atom. The number of nitrogens with one attached hydrogen (secondary N) is 2. The van der Waals surface area contributed by atoms with Crippen LogP contribution in [0.2, 0.25) is 0 Å². The number of carbonyl (C=O) groups is 2. The second kappa shape index (κ2) is 10.3. The van der Waals surface area contributed by atoms with Gasteiger partial charge in [0.25, 0.3) is 11.6 Å². The number of methoxy groups -OCH3 is 1. The first-order chi connectivity index (χ1) is 15.0. The summed E-state index contributed by atoms with van der Waals surface area (Å²) >= 11 is 1.24. The molecule has 0 radical (unpaired) electrons. The van der Waals surface area contributed by atoms with Gasteiger partial charge >= 0.3 is 0 Å². The summed E-state index contributed by atoms with van der Waals surface area (Å²) in [6.45, 7) is 0. The number of para-hydroxylation sites is 1. The Labute approximate surface area is 182 Å². The van der Waals surface area contributed by atoms with E-state index in [0.717, 1.165) is 4.90 Å². The summed E-state index contributed by atoms with van der Waals surface area (Å²) in [7, 11) is 1.54. The molecule has 0 heterocycles. The quantitative estimate of drug-likeness (QED) is 0.303. The summed E-state index contributed by atoms with van der Waals surface area (Å²) in [4.78, 5) is 36.1. The molecule has 31 heavy (non-hydrogen) atoms. The number of rotatable bonds is 8. The van der Waals surface area contributed by atoms with Crippen LogP contribution in [0, 0.1) is 10.1 Å². The van der Waals surface area contributed by atoms with Gasteiger partial charge in [-0.25, -0.2) is 0 Å². The predicted molar refractivity (Wildman–Crippen MR) is 120 cm³/mol. The Bertz CT molecular complexity index is 1100. The average Bonchev–Trinajstić information content (AvgIpc) is 2.78. The van der Waals surface area contributed by atoms with Crippen LogP contribution in [0.25, 0.3) is 0 Å². The lowest BCUT2D eigenvalue weighted by molar-refractivity contribution is -0.384. The van der Waals surface area contributed by atoms with E-state index in [-0.39, 0.29) is 23.3 Å². The Kier molecular flexibility index (Phi) is 7.23. The normalized spacial score (nSPS) is 10.2. The van der Waals surface area contributed by atoms with Crippen LogP contribution in [0.1, 0.15) is 10.4 Å². The Hall–Kier alpha value is -3.85. The van der Waals surface area contributed by atoms with Crippen molar-refractivity contribution in [2.45, 2.75) is 4.90 Å². The standard InChI is InChI=1S/C22H19N3O5S/c1-30-17-6-4-5-15(13-17)23-22(27)19-7-2-3-8-20(19)24-21(26)14-31-18-11-9-16(10-12-18)25(28)29/h2-13H,14H2,1H3,(H,23,27)(H,24,26). The number of benzene rings is 3. The van der Waals surface area contributed by atoms with E-state index >= 15 is 0 Å². The summed E-state index contributed by atoms with van der Waals surface area (Å²) in [6.07, 6.45) is 0. The zero-order valence-electron chi connectivity index (χ0n) is 16.5. The second-order valence-electron chi connectivity index (χ2n) is 6.32. The molecule has 8 nitrogen and oxygen atoms in total. The van der Waals surface area contributed by atoms with Crippen molar-refractivity contribution >= 4 is 40.6 Å². The number of amides is 2. The molecule has 0 fully saturated rings. The van der Waals surface area contributed by atoms with Crippen LogP contribution in [-0.2, 0) is 4.79 Å². The molecule has 0 saturated heterocycles. The van der Waals surface area contributed by atoms with Crippen LogP contribution in [0.4, 0.5) is 17.1 Å². The van der Waals surface area contributed by atoms with Crippen LogP contribution >= 0.6 is 11.8 Å². The van der Waals surface area contributed by atoms with Gasteiger partial charge in [0.15, 0.2) is 0 Å². The highest BCUT2D eigenvalue weighted by molar-refractivity contribution is 8.00. The van der Waals surface area contributed by atoms with Gasteiger partial charge in [-0.2, -0.15) is 0 Å². The molecule has 0 unspecified atom stereocenters. The van der Waals surface area contributed by atoms with Crippen LogP contribution in [0.15, 0.2) is 77.7 Å². The third-order valence-electron chi connectivity index (χ3n) is 4.19. The van der Waals surface area contributed by atoms with Crippen molar-refractivity contribution in [1.82, 2.24) is 0 Å². The molecule has 3 aromatic carbocycles. The fourth-order valence-corrected chi connectivity index (χ4v) is 3.39. The minimum absolute atomic E-state index is 0.00947. The molecule has 0 atom stereocenters. The lowest BCUT2D eigenvalue weighted by Crippen LogP contribution is -2.19. The molecule has 0 spiro atoms. The number of thioether (sulfide) groups is 1. The van der Waals surface area contributed by atoms with Crippen LogP contribution < -0.4 is 15.4 Å². The third kappa shape index (κ3) is 6.06. The van der Waals surface area contributed by atoms with E-state index in [1.807, 2.05) is 0 Å². The van der Waals surface area contributed by atoms with Gasteiger partial charge in [-0.3, -0.25) is 19.7 Å². The van der Waals surface area contributed by atoms with Crippen molar-refractivity contribution in [3.8, 4) is 5.75 Å². The number of hydrogen-bond acceptors (Lipinski definition) is 6. The zero-order chi connectivity index (χ0) is 22.2. The maximum atomic E-state index is 12.7. The molecule has 3 rings (SSSR count). The third-order valence-corrected chi connectivity index (χ3v) is 5.20. The summed E-state index contributed by atoms with van der Waals surface area (Å²) < 4.78 is 5.16. The van der Waals surface area contributed by atoms with Crippen LogP contribution in [0.3, 0.4) is 0 Å². The Balaban J connectivity index is 1.63. The van der Waals surface area contributed by atoms with Gasteiger partial charge in [-0.15, -0.1) is 11.8 Å². The van der Waals surface area contributed by atoms with Crippen molar-refractivity contribution in [3.63, 3.8) is 0 Å². The number of nitrogens with zero attached hydrogens (tertiary/aromatic N) is 1. The Morgan fingerprint density at radius 3 is 2.45 bits per heavy atom. The largest absolute Gasteiger partial charge is 0.497 e. The van der Waals surface area contributed by atoms with E-state index < -0.39 is 4.92 Å². The number of hydrogen-bond donors (Lipinski definition) is 2. The summed E-state index contributed by atoms with van der Waals surface area (Å²) in [6, 6.07) is 19.6. The van der Waals surface area contributed by atoms with E-state index in [2.05, 4.69) is 10.6 Å². The molecule has 2 N–H and O–H groups in total. The summed E-state index contributed by atoms with van der Waals surface area (Å²) in [5.74, 6) is 0.0312. The minimum atomic E-state index is -0.478. The van der Waals surface area contributed by atoms with E-state index in [4.69, 9.17) is 4.74 Å². The molecule has 0 aliphatic rings. The first kappa shape index (κ1) is 21.8. The van der Waals surface area contributed by atoms with Crippen molar-refractivity contribution < 1.29 is 19.2 Å². The van der Waals surface area contributed by atoms with Crippen molar-refractivity contribution in [1.29, 1.82) is 0 Å². The number of nitro benzene ring substituents is 1. The minimum Gasteiger partial charge on any atom is -0.497 e. The highest BCUT2D eigenvalue weighted by Gasteiger charge is 2.14. The predicted octanol–water partition coefficient (Wildman–Crippen LogP) is 4.59. The van der Waals surface area contributed by atoms with E-state index in [9.17, 15) is 19.7 Å². The smallest absolute Gasteiger partial charge is 0.269 e. The van der Waals surface area contributed by atoms with E-state index in [0.29, 0.717) is 22.7 Å². The van der Waals surface area contributed by atoms with Gasteiger partial charge < -0.3 is 15.4 Å². The maximum absolute atomic E-state index is 12.7. The number of non-ortho nitro benzene ring substituents is 1. The van der Waals surface area contributed by atoms with Gasteiger partial charge in [-0.1, -0.05) is 18.2 Å².